The number of para-hydroxylation sites is 1. The molecule has 0 amide bonds. The molecule has 0 unspecified atom stereocenters. The minimum atomic E-state index is 0.597. The van der Waals surface area contributed by atoms with Crippen molar-refractivity contribution in [3.63, 3.8) is 0 Å². The van der Waals surface area contributed by atoms with Crippen molar-refractivity contribution in [2.75, 3.05) is 4.90 Å². The van der Waals surface area contributed by atoms with E-state index in [1.54, 1.807) is 0 Å². The second-order valence-corrected chi connectivity index (χ2v) is 12.8. The topological polar surface area (TPSA) is 42.4 Å². The Morgan fingerprint density at radius 3 is 1.88 bits per heavy atom. The van der Waals surface area contributed by atoms with E-state index in [9.17, 15) is 0 Å². The zero-order valence-electron chi connectivity index (χ0n) is 27.5. The van der Waals surface area contributed by atoms with E-state index in [0.717, 1.165) is 72.4 Å². The van der Waals surface area contributed by atoms with Gasteiger partial charge in [0, 0.05) is 33.8 Å². The van der Waals surface area contributed by atoms with Crippen molar-refractivity contribution in [1.29, 1.82) is 0 Å². The summed E-state index contributed by atoms with van der Waals surface area (Å²) in [7, 11) is 0. The number of fused-ring (bicyclic) bond motifs is 5. The smallest absolute Gasteiger partial charge is 0.227 e. The molecule has 2 heterocycles. The van der Waals surface area contributed by atoms with Gasteiger partial charge in [0.2, 0.25) is 5.89 Å². The molecule has 2 aromatic heterocycles. The molecule has 0 fully saturated rings. The van der Waals surface area contributed by atoms with Crippen LogP contribution in [0.5, 0.6) is 0 Å². The van der Waals surface area contributed by atoms with Crippen LogP contribution in [-0.2, 0) is 0 Å². The van der Waals surface area contributed by atoms with E-state index in [4.69, 9.17) is 13.8 Å². The third-order valence-corrected chi connectivity index (χ3v) is 9.67. The molecular formula is C47H30N2O2. The van der Waals surface area contributed by atoms with Gasteiger partial charge in [-0.15, -0.1) is 0 Å². The lowest BCUT2D eigenvalue weighted by Gasteiger charge is -2.26. The Morgan fingerprint density at radius 2 is 1.06 bits per heavy atom. The molecule has 4 heteroatoms. The molecule has 0 aliphatic carbocycles. The molecule has 8 aromatic carbocycles. The minimum Gasteiger partial charge on any atom is -0.454 e. The van der Waals surface area contributed by atoms with Crippen LogP contribution < -0.4 is 4.90 Å². The molecule has 4 nitrogen and oxygen atoms in total. The summed E-state index contributed by atoms with van der Waals surface area (Å²) in [6.45, 7) is 0. The number of anilines is 3. The first-order valence-electron chi connectivity index (χ1n) is 17.1. The summed E-state index contributed by atoms with van der Waals surface area (Å²) < 4.78 is 13.0. The molecule has 0 aliphatic heterocycles. The van der Waals surface area contributed by atoms with E-state index in [2.05, 4.69) is 144 Å². The largest absolute Gasteiger partial charge is 0.454 e. The molecule has 0 spiro atoms. The average molecular weight is 655 g/mol. The average Bonchev–Trinajstić information content (AvgIpc) is 3.79. The summed E-state index contributed by atoms with van der Waals surface area (Å²) in [4.78, 5) is 7.10. The molecule has 51 heavy (non-hydrogen) atoms. The van der Waals surface area contributed by atoms with E-state index in [1.165, 1.54) is 16.3 Å². The second-order valence-electron chi connectivity index (χ2n) is 12.8. The third kappa shape index (κ3) is 5.13. The maximum Gasteiger partial charge on any atom is 0.227 e. The molecule has 10 rings (SSSR count). The van der Waals surface area contributed by atoms with Gasteiger partial charge in [-0.3, -0.25) is 0 Å². The summed E-state index contributed by atoms with van der Waals surface area (Å²) in [6, 6.07) is 63.5. The molecule has 0 radical (unpaired) electrons. The van der Waals surface area contributed by atoms with Crippen molar-refractivity contribution in [2.24, 2.45) is 0 Å². The predicted molar refractivity (Wildman–Crippen MR) is 210 cm³/mol. The van der Waals surface area contributed by atoms with E-state index in [-0.39, 0.29) is 0 Å². The van der Waals surface area contributed by atoms with Gasteiger partial charge in [0.25, 0.3) is 0 Å². The summed E-state index contributed by atoms with van der Waals surface area (Å²) in [6.07, 6.45) is 0. The first kappa shape index (κ1) is 29.0. The third-order valence-electron chi connectivity index (χ3n) is 9.67. The zero-order chi connectivity index (χ0) is 33.7. The first-order valence-corrected chi connectivity index (χ1v) is 17.1. The number of benzene rings is 8. The SMILES string of the molecule is c1ccc(-c2cccc(N(c3ccc(-c4ccc5ccccc5c4)cc3)c3cccc4c3oc3cc5nc(-c6ccccc6)oc5cc34)c2)cc1. The van der Waals surface area contributed by atoms with Crippen molar-refractivity contribution in [3.05, 3.63) is 182 Å². The van der Waals surface area contributed by atoms with Gasteiger partial charge in [-0.2, -0.15) is 0 Å². The lowest BCUT2D eigenvalue weighted by molar-refractivity contribution is 0.620. The van der Waals surface area contributed by atoms with Crippen molar-refractivity contribution in [3.8, 4) is 33.7 Å². The van der Waals surface area contributed by atoms with Crippen molar-refractivity contribution >= 4 is 60.9 Å². The number of oxazole rings is 1. The highest BCUT2D eigenvalue weighted by Gasteiger charge is 2.21. The number of furan rings is 1. The molecule has 0 saturated carbocycles. The van der Waals surface area contributed by atoms with Gasteiger partial charge >= 0.3 is 0 Å². The zero-order valence-corrected chi connectivity index (χ0v) is 27.5. The number of hydrogen-bond acceptors (Lipinski definition) is 4. The van der Waals surface area contributed by atoms with Crippen LogP contribution in [0.15, 0.2) is 191 Å². The van der Waals surface area contributed by atoms with Crippen LogP contribution in [0.3, 0.4) is 0 Å². The maximum absolute atomic E-state index is 6.76. The van der Waals surface area contributed by atoms with Gasteiger partial charge in [-0.05, 0) is 87.6 Å². The summed E-state index contributed by atoms with van der Waals surface area (Å²) in [5, 5.41) is 4.47. The van der Waals surface area contributed by atoms with E-state index >= 15 is 0 Å². The van der Waals surface area contributed by atoms with Gasteiger partial charge in [-0.1, -0.05) is 121 Å². The van der Waals surface area contributed by atoms with Crippen molar-refractivity contribution in [2.45, 2.75) is 0 Å². The normalized spacial score (nSPS) is 11.5. The Bertz CT molecular complexity index is 2850. The molecule has 240 valence electrons. The van der Waals surface area contributed by atoms with Crippen LogP contribution in [0, 0.1) is 0 Å². The Balaban J connectivity index is 1.12. The summed E-state index contributed by atoms with van der Waals surface area (Å²) in [5.41, 5.74) is 11.7. The Kier molecular flexibility index (Phi) is 6.78. The van der Waals surface area contributed by atoms with E-state index < -0.39 is 0 Å². The van der Waals surface area contributed by atoms with Gasteiger partial charge in [0.1, 0.15) is 11.1 Å². The van der Waals surface area contributed by atoms with Gasteiger partial charge in [-0.25, -0.2) is 4.98 Å². The second kappa shape index (κ2) is 11.9. The quantitative estimate of drug-likeness (QED) is 0.179. The Labute approximate surface area is 294 Å². The molecule has 10 aromatic rings. The Morgan fingerprint density at radius 1 is 0.392 bits per heavy atom. The minimum absolute atomic E-state index is 0.597. The number of rotatable bonds is 6. The fourth-order valence-corrected chi connectivity index (χ4v) is 7.14. The van der Waals surface area contributed by atoms with Gasteiger partial charge in [0.05, 0.1) is 5.69 Å². The maximum atomic E-state index is 6.76. The van der Waals surface area contributed by atoms with Gasteiger partial charge in [0.15, 0.2) is 11.2 Å². The van der Waals surface area contributed by atoms with E-state index in [1.807, 2.05) is 42.5 Å². The molecule has 0 bridgehead atoms. The Hall–Kier alpha value is -6.91. The van der Waals surface area contributed by atoms with Crippen LogP contribution in [-0.4, -0.2) is 4.98 Å². The molecule has 0 saturated heterocycles. The van der Waals surface area contributed by atoms with Crippen molar-refractivity contribution in [1.82, 2.24) is 4.98 Å². The summed E-state index contributed by atoms with van der Waals surface area (Å²) >= 11 is 0. The fourth-order valence-electron chi connectivity index (χ4n) is 7.14. The molecule has 0 N–H and O–H groups in total. The van der Waals surface area contributed by atoms with Crippen LogP contribution in [0.2, 0.25) is 0 Å². The van der Waals surface area contributed by atoms with Crippen LogP contribution in [0.25, 0.3) is 77.5 Å². The molecular weight excluding hydrogens is 625 g/mol. The lowest BCUT2D eigenvalue weighted by atomic mass is 10.0. The predicted octanol–water partition coefficient (Wildman–Crippen LogP) is 13.4. The van der Waals surface area contributed by atoms with Crippen LogP contribution >= 0.6 is 0 Å². The highest BCUT2D eigenvalue weighted by molar-refractivity contribution is 6.13. The summed E-state index contributed by atoms with van der Waals surface area (Å²) in [5.74, 6) is 0.597. The number of nitrogens with zero attached hydrogens (tertiary/aromatic N) is 2. The number of hydrogen-bond donors (Lipinski definition) is 0. The van der Waals surface area contributed by atoms with Crippen LogP contribution in [0.4, 0.5) is 17.1 Å². The number of aromatic nitrogens is 1. The van der Waals surface area contributed by atoms with Crippen molar-refractivity contribution < 1.29 is 8.83 Å². The monoisotopic (exact) mass is 654 g/mol. The first-order chi connectivity index (χ1) is 25.2. The van der Waals surface area contributed by atoms with E-state index in [0.29, 0.717) is 5.89 Å². The standard InChI is InChI=1S/C47H30N2O2/c1-3-11-31(12-4-1)36-17-9-18-39(28-36)49(38-25-23-33(24-26-38)37-22-21-32-13-7-8-16-35(32)27-37)43-20-10-19-40-41-29-45-42(30-44(41)50-46(40)43)48-47(51-45)34-14-5-2-6-15-34/h1-30H. The highest BCUT2D eigenvalue weighted by atomic mass is 16.4. The fraction of sp³-hybridized carbons (Fsp3) is 0. The highest BCUT2D eigenvalue weighted by Crippen LogP contribution is 2.44. The van der Waals surface area contributed by atoms with Gasteiger partial charge < -0.3 is 13.7 Å². The van der Waals surface area contributed by atoms with Crippen LogP contribution in [0.1, 0.15) is 0 Å². The molecule has 0 atom stereocenters. The molecule has 0 aliphatic rings. The lowest BCUT2D eigenvalue weighted by Crippen LogP contribution is -2.10.